The Hall–Kier alpha value is -2.54. The molecule has 4 rings (SSSR count). The Morgan fingerprint density at radius 3 is 2.33 bits per heavy atom. The molecule has 0 atom stereocenters. The van der Waals surface area contributed by atoms with Gasteiger partial charge in [-0.2, -0.15) is 0 Å². The van der Waals surface area contributed by atoms with Gasteiger partial charge in [0.2, 0.25) is 0 Å². The first-order valence-electron chi connectivity index (χ1n) is 7.29. The van der Waals surface area contributed by atoms with Crippen molar-refractivity contribution in [3.63, 3.8) is 0 Å². The van der Waals surface area contributed by atoms with Crippen molar-refractivity contribution < 1.29 is 0 Å². The van der Waals surface area contributed by atoms with Gasteiger partial charge in [-0.15, -0.1) is 0 Å². The number of nitrogens with zero attached hydrogens (tertiary/aromatic N) is 1. The van der Waals surface area contributed by atoms with Crippen LogP contribution in [-0.4, -0.2) is 4.40 Å². The van der Waals surface area contributed by atoms with E-state index in [1.54, 1.807) is 0 Å². The number of pyridine rings is 1. The van der Waals surface area contributed by atoms with Crippen molar-refractivity contribution in [1.29, 1.82) is 0 Å². The molecule has 1 heteroatoms. The highest BCUT2D eigenvalue weighted by molar-refractivity contribution is 5.87. The summed E-state index contributed by atoms with van der Waals surface area (Å²) in [7, 11) is 0. The van der Waals surface area contributed by atoms with Crippen LogP contribution in [0.1, 0.15) is 11.1 Å². The van der Waals surface area contributed by atoms with Gasteiger partial charge in [-0.25, -0.2) is 0 Å². The molecular formula is C20H17N. The Morgan fingerprint density at radius 1 is 0.667 bits per heavy atom. The molecule has 0 spiro atoms. The monoisotopic (exact) mass is 271 g/mol. The molecule has 21 heavy (non-hydrogen) atoms. The molecule has 0 saturated heterocycles. The van der Waals surface area contributed by atoms with E-state index < -0.39 is 0 Å². The van der Waals surface area contributed by atoms with Crippen LogP contribution in [0.25, 0.3) is 27.4 Å². The highest BCUT2D eigenvalue weighted by Crippen LogP contribution is 2.27. The topological polar surface area (TPSA) is 4.41 Å². The van der Waals surface area contributed by atoms with Gasteiger partial charge in [-0.05, 0) is 59.5 Å². The predicted molar refractivity (Wildman–Crippen MR) is 89.8 cm³/mol. The van der Waals surface area contributed by atoms with E-state index in [0.29, 0.717) is 0 Å². The molecule has 102 valence electrons. The van der Waals surface area contributed by atoms with Crippen molar-refractivity contribution in [2.24, 2.45) is 0 Å². The second kappa shape index (κ2) is 4.49. The minimum Gasteiger partial charge on any atom is -0.323 e. The lowest BCUT2D eigenvalue weighted by atomic mass is 10.0. The minimum atomic E-state index is 1.25. The van der Waals surface area contributed by atoms with Crippen molar-refractivity contribution in [2.45, 2.75) is 13.8 Å². The zero-order valence-electron chi connectivity index (χ0n) is 12.3. The molecule has 4 aromatic rings. The maximum absolute atomic E-state index is 2.27. The van der Waals surface area contributed by atoms with Crippen molar-refractivity contribution >= 4 is 16.3 Å². The third kappa shape index (κ3) is 2.02. The molecule has 0 saturated carbocycles. The molecule has 0 N–H and O–H groups in total. The fourth-order valence-corrected chi connectivity index (χ4v) is 2.90. The van der Waals surface area contributed by atoms with Gasteiger partial charge >= 0.3 is 0 Å². The van der Waals surface area contributed by atoms with Crippen molar-refractivity contribution in [2.75, 3.05) is 0 Å². The number of hydrogen-bond acceptors (Lipinski definition) is 0. The van der Waals surface area contributed by atoms with Crippen LogP contribution in [0.3, 0.4) is 0 Å². The van der Waals surface area contributed by atoms with Crippen LogP contribution in [-0.2, 0) is 0 Å². The summed E-state index contributed by atoms with van der Waals surface area (Å²) in [4.78, 5) is 0. The number of fused-ring (bicyclic) bond motifs is 2. The fraction of sp³-hybridized carbons (Fsp3) is 0.100. The Balaban J connectivity index is 1.91. The first-order valence-corrected chi connectivity index (χ1v) is 7.29. The van der Waals surface area contributed by atoms with Crippen LogP contribution in [0.15, 0.2) is 67.0 Å². The number of hydrogen-bond donors (Lipinski definition) is 0. The van der Waals surface area contributed by atoms with Gasteiger partial charge in [-0.3, -0.25) is 0 Å². The Labute approximate surface area is 124 Å². The van der Waals surface area contributed by atoms with Crippen LogP contribution in [0.5, 0.6) is 0 Å². The maximum Gasteiger partial charge on any atom is 0.0459 e. The molecule has 0 amide bonds. The van der Waals surface area contributed by atoms with Crippen molar-refractivity contribution in [3.05, 3.63) is 78.1 Å². The molecule has 2 heterocycles. The van der Waals surface area contributed by atoms with E-state index in [1.807, 2.05) is 0 Å². The molecular weight excluding hydrogens is 254 g/mol. The summed E-state index contributed by atoms with van der Waals surface area (Å²) >= 11 is 0. The van der Waals surface area contributed by atoms with Crippen LogP contribution >= 0.6 is 0 Å². The molecule has 0 radical (unpaired) electrons. The highest BCUT2D eigenvalue weighted by atomic mass is 14.9. The number of aromatic nitrogens is 1. The molecule has 0 fully saturated rings. The van der Waals surface area contributed by atoms with Gasteiger partial charge in [0, 0.05) is 23.5 Å². The zero-order chi connectivity index (χ0) is 14.4. The molecule has 0 aliphatic carbocycles. The summed E-state index contributed by atoms with van der Waals surface area (Å²) in [6.07, 6.45) is 4.42. The molecule has 2 aromatic heterocycles. The second-order valence-corrected chi connectivity index (χ2v) is 5.76. The van der Waals surface area contributed by atoms with Gasteiger partial charge < -0.3 is 4.40 Å². The minimum absolute atomic E-state index is 1.25. The van der Waals surface area contributed by atoms with E-state index in [9.17, 15) is 0 Å². The largest absolute Gasteiger partial charge is 0.323 e. The SMILES string of the molecule is Cc1cc2cc(-c3ccc4ccccc4c3)cn2cc1C. The Bertz CT molecular complexity index is 921. The van der Waals surface area contributed by atoms with E-state index in [1.165, 1.54) is 38.5 Å². The normalized spacial score (nSPS) is 11.3. The van der Waals surface area contributed by atoms with E-state index >= 15 is 0 Å². The smallest absolute Gasteiger partial charge is 0.0459 e. The van der Waals surface area contributed by atoms with E-state index in [4.69, 9.17) is 0 Å². The standard InChI is InChI=1S/C20H17N/c1-14-9-20-11-19(13-21(20)12-15(14)2)18-8-7-16-5-3-4-6-17(16)10-18/h3-13H,1-2H3. The summed E-state index contributed by atoms with van der Waals surface area (Å²) in [5.74, 6) is 0. The van der Waals surface area contributed by atoms with Crippen LogP contribution in [0.4, 0.5) is 0 Å². The van der Waals surface area contributed by atoms with Crippen molar-refractivity contribution in [3.8, 4) is 11.1 Å². The Kier molecular flexibility index (Phi) is 2.61. The lowest BCUT2D eigenvalue weighted by Gasteiger charge is -2.01. The average molecular weight is 271 g/mol. The second-order valence-electron chi connectivity index (χ2n) is 5.76. The van der Waals surface area contributed by atoms with E-state index in [2.05, 4.69) is 85.2 Å². The van der Waals surface area contributed by atoms with Crippen LogP contribution in [0, 0.1) is 13.8 Å². The van der Waals surface area contributed by atoms with E-state index in [0.717, 1.165) is 0 Å². The molecule has 0 aliphatic rings. The average Bonchev–Trinajstić information content (AvgIpc) is 2.90. The molecule has 1 nitrogen and oxygen atoms in total. The summed E-state index contributed by atoms with van der Waals surface area (Å²) in [5.41, 5.74) is 6.45. The van der Waals surface area contributed by atoms with E-state index in [-0.39, 0.29) is 0 Å². The maximum atomic E-state index is 2.27. The summed E-state index contributed by atoms with van der Waals surface area (Å²) in [6, 6.07) is 19.7. The first-order chi connectivity index (χ1) is 10.2. The van der Waals surface area contributed by atoms with Gasteiger partial charge in [0.05, 0.1) is 0 Å². The number of aryl methyl sites for hydroxylation is 2. The summed E-state index contributed by atoms with van der Waals surface area (Å²) in [5, 5.41) is 2.58. The van der Waals surface area contributed by atoms with Crippen molar-refractivity contribution in [1.82, 2.24) is 4.40 Å². The van der Waals surface area contributed by atoms with Crippen LogP contribution in [0.2, 0.25) is 0 Å². The fourth-order valence-electron chi connectivity index (χ4n) is 2.90. The lowest BCUT2D eigenvalue weighted by Crippen LogP contribution is -1.86. The van der Waals surface area contributed by atoms with Crippen LogP contribution < -0.4 is 0 Å². The molecule has 2 aromatic carbocycles. The van der Waals surface area contributed by atoms with Gasteiger partial charge in [0.15, 0.2) is 0 Å². The Morgan fingerprint density at radius 2 is 1.48 bits per heavy atom. The van der Waals surface area contributed by atoms with Gasteiger partial charge in [0.1, 0.15) is 0 Å². The third-order valence-electron chi connectivity index (χ3n) is 4.28. The zero-order valence-corrected chi connectivity index (χ0v) is 12.3. The van der Waals surface area contributed by atoms with Gasteiger partial charge in [0.25, 0.3) is 0 Å². The molecule has 0 aliphatic heterocycles. The number of rotatable bonds is 1. The molecule has 0 unspecified atom stereocenters. The predicted octanol–water partition coefficient (Wildman–Crippen LogP) is 5.38. The molecule has 0 bridgehead atoms. The first kappa shape index (κ1) is 12.2. The van der Waals surface area contributed by atoms with Gasteiger partial charge in [-0.1, -0.05) is 36.4 Å². The lowest BCUT2D eigenvalue weighted by molar-refractivity contribution is 1.14. The summed E-state index contributed by atoms with van der Waals surface area (Å²) in [6.45, 7) is 4.32. The summed E-state index contributed by atoms with van der Waals surface area (Å²) < 4.78 is 2.22. The third-order valence-corrected chi connectivity index (χ3v) is 4.28. The quantitative estimate of drug-likeness (QED) is 0.438. The number of benzene rings is 2. The highest BCUT2D eigenvalue weighted by Gasteiger charge is 2.05.